The van der Waals surface area contributed by atoms with Crippen LogP contribution in [-0.4, -0.2) is 78.8 Å². The van der Waals surface area contributed by atoms with Crippen LogP contribution in [0.15, 0.2) is 42.5 Å². The second-order valence-electron chi connectivity index (χ2n) is 22.4. The maximum absolute atomic E-state index is 13.2. The Morgan fingerprint density at radius 3 is 2.23 bits per heavy atom. The van der Waals surface area contributed by atoms with Gasteiger partial charge in [0.05, 0.1) is 11.8 Å². The Morgan fingerprint density at radius 1 is 0.842 bits per heavy atom. The van der Waals surface area contributed by atoms with Gasteiger partial charge in [0.1, 0.15) is 6.10 Å². The van der Waals surface area contributed by atoms with Crippen LogP contribution in [0.1, 0.15) is 138 Å². The van der Waals surface area contributed by atoms with Gasteiger partial charge in [-0.1, -0.05) is 77.1 Å². The molecule has 0 aromatic heterocycles. The van der Waals surface area contributed by atoms with Crippen LogP contribution in [0, 0.1) is 62.1 Å². The maximum Gasteiger partial charge on any atom is 0.309 e. The molecule has 0 unspecified atom stereocenters. The number of ether oxygens (including phenoxy) is 1. The number of carbonyl (C=O) groups is 2. The number of benzene rings is 1. The summed E-state index contributed by atoms with van der Waals surface area (Å²) in [5.41, 5.74) is 2.78. The number of allylic oxidation sites excluding steroid dienone is 1. The molecular weight excluding hydrogens is 707 g/mol. The van der Waals surface area contributed by atoms with E-state index in [1.54, 1.807) is 13.8 Å². The van der Waals surface area contributed by atoms with Crippen molar-refractivity contribution >= 4 is 11.9 Å². The monoisotopic (exact) mass is 786 g/mol. The molecular formula is C50H79N3O4. The van der Waals surface area contributed by atoms with Crippen molar-refractivity contribution in [2.24, 2.45) is 62.1 Å². The van der Waals surface area contributed by atoms with Crippen LogP contribution in [0.4, 0.5) is 0 Å². The molecule has 0 radical (unpaired) electrons. The van der Waals surface area contributed by atoms with Crippen LogP contribution in [0.3, 0.4) is 0 Å². The first kappa shape index (κ1) is 42.9. The highest BCUT2D eigenvalue weighted by molar-refractivity contribution is 5.81. The summed E-state index contributed by atoms with van der Waals surface area (Å²) < 4.78 is 6.23. The van der Waals surface area contributed by atoms with E-state index in [9.17, 15) is 14.7 Å². The highest BCUT2D eigenvalue weighted by Crippen LogP contribution is 2.78. The van der Waals surface area contributed by atoms with Crippen LogP contribution in [-0.2, 0) is 20.9 Å². The molecule has 10 atom stereocenters. The first-order valence-electron chi connectivity index (χ1n) is 23.1. The van der Waals surface area contributed by atoms with Crippen molar-refractivity contribution in [1.82, 2.24) is 15.1 Å². The lowest BCUT2D eigenvalue weighted by Crippen LogP contribution is -2.66. The minimum atomic E-state index is -1.12. The molecule has 5 saturated carbocycles. The smallest absolute Gasteiger partial charge is 0.309 e. The van der Waals surface area contributed by atoms with Crippen molar-refractivity contribution < 1.29 is 19.4 Å². The number of carbonyl (C=O) groups excluding carboxylic acids is 1. The highest BCUT2D eigenvalue weighted by atomic mass is 16.5. The Labute approximate surface area is 346 Å². The topological polar surface area (TPSA) is 82.1 Å². The second-order valence-corrected chi connectivity index (χ2v) is 22.4. The first-order valence-corrected chi connectivity index (χ1v) is 23.1. The number of esters is 1. The summed E-state index contributed by atoms with van der Waals surface area (Å²) in [6.45, 7) is 32.1. The molecule has 57 heavy (non-hydrogen) atoms. The normalized spacial score (nSPS) is 39.3. The van der Waals surface area contributed by atoms with Gasteiger partial charge in [-0.2, -0.15) is 0 Å². The molecule has 0 amide bonds. The molecule has 7 heteroatoms. The SMILES string of the molecule is C=C(C)[C@@H]1CC[C@]2(CCNCCN3CCN(Cc4ccccc4)CC3)CC[C@]3(C)[C@H](CC[C@@H]4[C@@]5(C)CC[C@H](OC(=O)CC(C)(C)C(=O)O)C(C)(C)[C@@H]5CC[C@]43C)[C@@H]12. The Bertz CT molecular complexity index is 1620. The maximum atomic E-state index is 13.2. The number of rotatable bonds is 13. The molecule has 318 valence electrons. The predicted octanol–water partition coefficient (Wildman–Crippen LogP) is 9.85. The van der Waals surface area contributed by atoms with Crippen LogP contribution in [0.2, 0.25) is 0 Å². The third kappa shape index (κ3) is 7.71. The average Bonchev–Trinajstić information content (AvgIpc) is 3.54. The molecule has 7 rings (SSSR count). The summed E-state index contributed by atoms with van der Waals surface area (Å²) in [7, 11) is 0. The quantitative estimate of drug-likeness (QED) is 0.117. The van der Waals surface area contributed by atoms with Crippen molar-refractivity contribution in [3.05, 3.63) is 48.0 Å². The lowest BCUT2D eigenvalue weighted by Gasteiger charge is -2.73. The number of aliphatic carboxylic acids is 1. The van der Waals surface area contributed by atoms with E-state index >= 15 is 0 Å². The molecule has 6 fully saturated rings. The minimum absolute atomic E-state index is 0.0886. The summed E-state index contributed by atoms with van der Waals surface area (Å²) in [4.78, 5) is 30.2. The van der Waals surface area contributed by atoms with Gasteiger partial charge in [-0.25, -0.2) is 0 Å². The zero-order valence-electron chi connectivity index (χ0n) is 37.3. The van der Waals surface area contributed by atoms with E-state index in [2.05, 4.69) is 93.6 Å². The van der Waals surface area contributed by atoms with Gasteiger partial charge in [-0.3, -0.25) is 19.4 Å². The summed E-state index contributed by atoms with van der Waals surface area (Å²) in [6.07, 6.45) is 13.5. The van der Waals surface area contributed by atoms with Gasteiger partial charge >= 0.3 is 11.9 Å². The number of fused-ring (bicyclic) bond motifs is 7. The van der Waals surface area contributed by atoms with E-state index in [-0.39, 0.29) is 34.7 Å². The number of carboxylic acids is 1. The van der Waals surface area contributed by atoms with Gasteiger partial charge in [-0.05, 0) is 155 Å². The van der Waals surface area contributed by atoms with E-state index < -0.39 is 11.4 Å². The standard InChI is InChI=1S/C50H79N3O4/c1-35(2)37-17-22-50(25-26-51-27-28-52-29-31-53(32-30-52)34-36-13-11-10-12-14-36)24-23-48(8)38(43(37)50)15-16-40-47(7)20-19-41(57-42(54)33-45(3,4)44(55)56)46(5,6)39(47)18-21-49(40,48)9/h10-14,37-41,43,51H,1,15-34H2,2-9H3,(H,55,56)/t37-,38+,39-,40+,41-,43+,47-,48+,49+,50+/m0/s1. The van der Waals surface area contributed by atoms with Crippen LogP contribution < -0.4 is 5.32 Å². The summed E-state index contributed by atoms with van der Waals surface area (Å²) in [5, 5.41) is 13.6. The second kappa shape index (κ2) is 16.0. The molecule has 1 saturated heterocycles. The van der Waals surface area contributed by atoms with E-state index in [1.807, 2.05) is 0 Å². The molecule has 1 heterocycles. The largest absolute Gasteiger partial charge is 0.481 e. The summed E-state index contributed by atoms with van der Waals surface area (Å²) >= 11 is 0. The fourth-order valence-electron chi connectivity index (χ4n) is 15.2. The lowest BCUT2D eigenvalue weighted by molar-refractivity contribution is -0.250. The lowest BCUT2D eigenvalue weighted by atomic mass is 9.32. The molecule has 0 spiro atoms. The number of carboxylic acid groups (broad SMARTS) is 1. The average molecular weight is 786 g/mol. The van der Waals surface area contributed by atoms with Gasteiger partial charge in [0, 0.05) is 51.2 Å². The third-order valence-corrected chi connectivity index (χ3v) is 18.7. The van der Waals surface area contributed by atoms with Gasteiger partial charge in [0.2, 0.25) is 0 Å². The zero-order chi connectivity index (χ0) is 41.0. The minimum Gasteiger partial charge on any atom is -0.481 e. The fraction of sp³-hybridized carbons (Fsp3) is 0.800. The predicted molar refractivity (Wildman–Crippen MR) is 231 cm³/mol. The Hall–Kier alpha value is -2.22. The number of nitrogens with zero attached hydrogens (tertiary/aromatic N) is 2. The van der Waals surface area contributed by atoms with Crippen LogP contribution in [0.5, 0.6) is 0 Å². The molecule has 1 aliphatic heterocycles. The Balaban J connectivity index is 0.984. The number of nitrogens with one attached hydrogen (secondary N) is 1. The Kier molecular flexibility index (Phi) is 12.0. The third-order valence-electron chi connectivity index (χ3n) is 18.7. The number of hydrogen-bond donors (Lipinski definition) is 2. The summed E-state index contributed by atoms with van der Waals surface area (Å²) in [6, 6.07) is 10.9. The molecule has 1 aromatic carbocycles. The van der Waals surface area contributed by atoms with Crippen molar-refractivity contribution in [3.8, 4) is 0 Å². The first-order chi connectivity index (χ1) is 26.9. The van der Waals surface area contributed by atoms with Gasteiger partial charge in [0.25, 0.3) is 0 Å². The Morgan fingerprint density at radius 2 is 1.54 bits per heavy atom. The van der Waals surface area contributed by atoms with Crippen LogP contribution in [0.25, 0.3) is 0 Å². The van der Waals surface area contributed by atoms with Gasteiger partial charge in [-0.15, -0.1) is 0 Å². The fourth-order valence-corrected chi connectivity index (χ4v) is 15.2. The van der Waals surface area contributed by atoms with E-state index in [0.29, 0.717) is 28.6 Å². The molecule has 2 N–H and O–H groups in total. The number of hydrogen-bond acceptors (Lipinski definition) is 6. The molecule has 0 bridgehead atoms. The van der Waals surface area contributed by atoms with Crippen molar-refractivity contribution in [3.63, 3.8) is 0 Å². The van der Waals surface area contributed by atoms with Crippen LogP contribution >= 0.6 is 0 Å². The van der Waals surface area contributed by atoms with Crippen molar-refractivity contribution in [2.45, 2.75) is 145 Å². The molecule has 6 aliphatic rings. The van der Waals surface area contributed by atoms with E-state index in [1.165, 1.54) is 82.0 Å². The molecule has 5 aliphatic carbocycles. The zero-order valence-corrected chi connectivity index (χ0v) is 37.3. The van der Waals surface area contributed by atoms with E-state index in [4.69, 9.17) is 4.74 Å². The van der Waals surface area contributed by atoms with Gasteiger partial charge in [0.15, 0.2) is 0 Å². The number of piperazine rings is 1. The van der Waals surface area contributed by atoms with E-state index in [0.717, 1.165) is 63.9 Å². The summed E-state index contributed by atoms with van der Waals surface area (Å²) in [5.74, 6) is 1.93. The highest BCUT2D eigenvalue weighted by Gasteiger charge is 2.71. The van der Waals surface area contributed by atoms with Crippen molar-refractivity contribution in [1.29, 1.82) is 0 Å². The van der Waals surface area contributed by atoms with Gasteiger partial charge < -0.3 is 15.2 Å². The van der Waals surface area contributed by atoms with Crippen molar-refractivity contribution in [2.75, 3.05) is 45.8 Å². The molecule has 7 nitrogen and oxygen atoms in total. The molecule has 1 aromatic rings.